The van der Waals surface area contributed by atoms with Crippen LogP contribution in [0.3, 0.4) is 0 Å². The van der Waals surface area contributed by atoms with E-state index in [1.54, 1.807) is 12.1 Å². The highest BCUT2D eigenvalue weighted by Gasteiger charge is 2.35. The molecule has 0 atom stereocenters. The van der Waals surface area contributed by atoms with E-state index in [2.05, 4.69) is 17.0 Å². The van der Waals surface area contributed by atoms with E-state index >= 15 is 0 Å². The van der Waals surface area contributed by atoms with Crippen molar-refractivity contribution in [3.63, 3.8) is 0 Å². The van der Waals surface area contributed by atoms with Gasteiger partial charge in [-0.2, -0.15) is 23.5 Å². The lowest BCUT2D eigenvalue weighted by Gasteiger charge is -2.20. The minimum absolute atomic E-state index is 0.0237. The molecule has 2 heterocycles. The maximum atomic E-state index is 12.4. The maximum absolute atomic E-state index is 12.4. The Labute approximate surface area is 168 Å². The summed E-state index contributed by atoms with van der Waals surface area (Å²) in [6.45, 7) is 2.13. The normalized spacial score (nSPS) is 18.2. The highest BCUT2D eigenvalue weighted by molar-refractivity contribution is 8.26. The van der Waals surface area contributed by atoms with Crippen molar-refractivity contribution in [2.45, 2.75) is 32.6 Å². The van der Waals surface area contributed by atoms with E-state index in [-0.39, 0.29) is 17.2 Å². The number of carbonyl (C=O) groups excluding carboxylic acids is 1. The van der Waals surface area contributed by atoms with Crippen molar-refractivity contribution in [1.29, 1.82) is 5.41 Å². The Morgan fingerprint density at radius 2 is 1.96 bits per heavy atom. The van der Waals surface area contributed by atoms with Crippen LogP contribution in [0.4, 0.5) is 0 Å². The second kappa shape index (κ2) is 8.27. The molecule has 0 saturated heterocycles. The Morgan fingerprint density at radius 3 is 2.61 bits per heavy atom. The molecule has 0 spiro atoms. The van der Waals surface area contributed by atoms with Crippen LogP contribution in [0.2, 0.25) is 0 Å². The third-order valence-electron chi connectivity index (χ3n) is 3.93. The summed E-state index contributed by atoms with van der Waals surface area (Å²) in [5.74, 6) is -0.345. The molecule has 8 nitrogen and oxygen atoms in total. The van der Waals surface area contributed by atoms with Crippen molar-refractivity contribution in [2.75, 3.05) is 6.26 Å². The van der Waals surface area contributed by atoms with Crippen LogP contribution in [0.1, 0.15) is 38.2 Å². The van der Waals surface area contributed by atoms with E-state index < -0.39 is 16.0 Å². The van der Waals surface area contributed by atoms with Crippen LogP contribution in [0.25, 0.3) is 6.08 Å². The van der Waals surface area contributed by atoms with E-state index in [1.807, 2.05) is 0 Å². The highest BCUT2D eigenvalue weighted by Crippen LogP contribution is 2.30. The first kappa shape index (κ1) is 20.3. The number of hydrazone groups is 1. The van der Waals surface area contributed by atoms with Crippen LogP contribution in [0.15, 0.2) is 39.9 Å². The van der Waals surface area contributed by atoms with E-state index in [1.165, 1.54) is 35.0 Å². The minimum Gasteiger partial charge on any atom is -0.383 e. The van der Waals surface area contributed by atoms with Gasteiger partial charge in [0, 0.05) is 0 Å². The summed E-state index contributed by atoms with van der Waals surface area (Å²) in [7, 11) is -3.60. The van der Waals surface area contributed by atoms with Gasteiger partial charge in [-0.05, 0) is 48.4 Å². The molecule has 0 aliphatic carbocycles. The van der Waals surface area contributed by atoms with Crippen LogP contribution in [-0.4, -0.2) is 41.6 Å². The summed E-state index contributed by atoms with van der Waals surface area (Å²) in [6.07, 6.45) is 6.52. The fourth-order valence-electron chi connectivity index (χ4n) is 2.62. The van der Waals surface area contributed by atoms with Gasteiger partial charge in [-0.1, -0.05) is 31.9 Å². The molecule has 1 aromatic carbocycles. The summed E-state index contributed by atoms with van der Waals surface area (Å²) < 4.78 is 27.1. The third-order valence-corrected chi connectivity index (χ3v) is 5.39. The van der Waals surface area contributed by atoms with Gasteiger partial charge in [-0.3, -0.25) is 10.2 Å². The fourth-order valence-corrected chi connectivity index (χ4v) is 4.01. The molecule has 0 aromatic heterocycles. The first-order valence-corrected chi connectivity index (χ1v) is 11.4. The van der Waals surface area contributed by atoms with Gasteiger partial charge in [-0.25, -0.2) is 0 Å². The monoisotopic (exact) mass is 420 g/mol. The number of fused-ring (bicyclic) bond motifs is 1. The molecular weight excluding hydrogens is 400 g/mol. The molecule has 0 radical (unpaired) electrons. The van der Waals surface area contributed by atoms with Crippen LogP contribution in [-0.2, 0) is 14.9 Å². The zero-order valence-corrected chi connectivity index (χ0v) is 17.1. The molecule has 1 amide bonds. The Hall–Kier alpha value is -2.46. The average Bonchev–Trinajstić information content (AvgIpc) is 3.02. The summed E-state index contributed by atoms with van der Waals surface area (Å²) in [6, 6.07) is 6.17. The van der Waals surface area contributed by atoms with Crippen LogP contribution in [0.5, 0.6) is 5.75 Å². The molecule has 0 saturated carbocycles. The molecule has 2 aliphatic rings. The highest BCUT2D eigenvalue weighted by atomic mass is 32.2. The Bertz CT molecular complexity index is 995. The standard InChI is InChI=1S/C18H20N4O4S2/c1-3-4-5-6-15-21-22-16(19)14(17(23)20-18(22)27-15)11-12-7-9-13(10-8-12)26-28(2,24)25/h7-11,19H,3-6H2,1-2H3/b14-11-,19-16?. The number of amides is 1. The van der Waals surface area contributed by atoms with Gasteiger partial charge in [0.05, 0.1) is 11.8 Å². The molecule has 3 rings (SSSR count). The smallest absolute Gasteiger partial charge is 0.306 e. The summed E-state index contributed by atoms with van der Waals surface area (Å²) in [5, 5.41) is 15.4. The molecule has 0 unspecified atom stereocenters. The van der Waals surface area contributed by atoms with Gasteiger partial charge in [0.1, 0.15) is 10.8 Å². The maximum Gasteiger partial charge on any atom is 0.306 e. The number of hydrogen-bond acceptors (Lipinski definition) is 7. The molecule has 2 aliphatic heterocycles. The lowest BCUT2D eigenvalue weighted by Crippen LogP contribution is -2.35. The van der Waals surface area contributed by atoms with Gasteiger partial charge in [0.25, 0.3) is 5.91 Å². The fraction of sp³-hybridized carbons (Fsp3) is 0.333. The topological polar surface area (TPSA) is 112 Å². The first-order valence-electron chi connectivity index (χ1n) is 8.75. The Balaban J connectivity index is 1.78. The predicted octanol–water partition coefficient (Wildman–Crippen LogP) is 3.22. The van der Waals surface area contributed by atoms with E-state index in [4.69, 9.17) is 9.59 Å². The second-order valence-corrected chi connectivity index (χ2v) is 8.94. The average molecular weight is 421 g/mol. The van der Waals surface area contributed by atoms with Gasteiger partial charge >= 0.3 is 10.1 Å². The van der Waals surface area contributed by atoms with Crippen LogP contribution in [0, 0.1) is 5.41 Å². The number of thioether (sulfide) groups is 1. The SMILES string of the molecule is CCCCCC1=NN2C(=N)/C(=C/c3ccc(OS(C)(=O)=O)cc3)C(=O)N=C2S1. The summed E-state index contributed by atoms with van der Waals surface area (Å²) in [4.78, 5) is 16.4. The molecule has 1 aromatic rings. The summed E-state index contributed by atoms with van der Waals surface area (Å²) in [5.41, 5.74) is 0.742. The van der Waals surface area contributed by atoms with E-state index in [0.29, 0.717) is 10.7 Å². The molecule has 1 N–H and O–H groups in total. The number of aliphatic imine (C=N–C) groups is 1. The van der Waals surface area contributed by atoms with Crippen molar-refractivity contribution in [2.24, 2.45) is 10.1 Å². The number of nitrogens with one attached hydrogen (secondary N) is 1. The number of carbonyl (C=O) groups is 1. The van der Waals surface area contributed by atoms with Crippen molar-refractivity contribution in [3.8, 4) is 5.75 Å². The zero-order chi connectivity index (χ0) is 20.3. The largest absolute Gasteiger partial charge is 0.383 e. The number of rotatable bonds is 7. The number of amidine groups is 2. The van der Waals surface area contributed by atoms with Crippen LogP contribution < -0.4 is 4.18 Å². The second-order valence-electron chi connectivity index (χ2n) is 6.33. The van der Waals surface area contributed by atoms with Gasteiger partial charge in [-0.15, -0.1) is 0 Å². The number of benzene rings is 1. The lowest BCUT2D eigenvalue weighted by molar-refractivity contribution is -0.114. The molecular formula is C18H20N4O4S2. The van der Waals surface area contributed by atoms with Crippen LogP contribution >= 0.6 is 11.8 Å². The number of hydrogen-bond donors (Lipinski definition) is 1. The van der Waals surface area contributed by atoms with Crippen molar-refractivity contribution < 1.29 is 17.4 Å². The summed E-state index contributed by atoms with van der Waals surface area (Å²) >= 11 is 1.33. The third kappa shape index (κ3) is 4.87. The molecule has 10 heteroatoms. The molecule has 0 bridgehead atoms. The van der Waals surface area contributed by atoms with Crippen molar-refractivity contribution in [1.82, 2.24) is 5.01 Å². The van der Waals surface area contributed by atoms with Gasteiger partial charge in [0.15, 0.2) is 5.84 Å². The Kier molecular flexibility index (Phi) is 5.99. The first-order chi connectivity index (χ1) is 13.3. The number of unbranched alkanes of at least 4 members (excludes halogenated alkanes) is 2. The van der Waals surface area contributed by atoms with Gasteiger partial charge in [0.2, 0.25) is 5.17 Å². The molecule has 0 fully saturated rings. The van der Waals surface area contributed by atoms with Crippen molar-refractivity contribution >= 4 is 49.9 Å². The predicted molar refractivity (Wildman–Crippen MR) is 111 cm³/mol. The lowest BCUT2D eigenvalue weighted by atomic mass is 10.1. The Morgan fingerprint density at radius 1 is 1.25 bits per heavy atom. The van der Waals surface area contributed by atoms with E-state index in [9.17, 15) is 13.2 Å². The molecule has 148 valence electrons. The van der Waals surface area contributed by atoms with Crippen molar-refractivity contribution in [3.05, 3.63) is 35.4 Å². The number of nitrogens with zero attached hydrogens (tertiary/aromatic N) is 3. The quantitative estimate of drug-likeness (QED) is 0.412. The minimum atomic E-state index is -3.60. The molecule has 28 heavy (non-hydrogen) atoms. The van der Waals surface area contributed by atoms with E-state index in [0.717, 1.165) is 37.0 Å². The zero-order valence-electron chi connectivity index (χ0n) is 15.5. The van der Waals surface area contributed by atoms with Gasteiger partial charge < -0.3 is 4.18 Å².